The second-order valence-electron chi connectivity index (χ2n) is 5.18. The Labute approximate surface area is 114 Å². The average Bonchev–Trinajstić information content (AvgIpc) is 2.43. The highest BCUT2D eigenvalue weighted by molar-refractivity contribution is 5.79. The molecule has 0 aliphatic rings. The molecule has 1 atom stereocenters. The van der Waals surface area contributed by atoms with Crippen LogP contribution in [0, 0.1) is 0 Å². The van der Waals surface area contributed by atoms with Gasteiger partial charge >= 0.3 is 0 Å². The Kier molecular flexibility index (Phi) is 4.51. The Morgan fingerprint density at radius 2 is 2.11 bits per heavy atom. The molecule has 1 aromatic carbocycles. The van der Waals surface area contributed by atoms with Crippen molar-refractivity contribution in [2.75, 3.05) is 13.1 Å². The van der Waals surface area contributed by atoms with E-state index in [-0.39, 0.29) is 0 Å². The van der Waals surface area contributed by atoms with Gasteiger partial charge in [-0.05, 0) is 56.6 Å². The van der Waals surface area contributed by atoms with E-state index in [0.717, 1.165) is 36.0 Å². The van der Waals surface area contributed by atoms with Crippen molar-refractivity contribution in [3.05, 3.63) is 42.1 Å². The second kappa shape index (κ2) is 6.13. The van der Waals surface area contributed by atoms with Crippen LogP contribution in [0.3, 0.4) is 0 Å². The van der Waals surface area contributed by atoms with Gasteiger partial charge in [-0.3, -0.25) is 4.98 Å². The van der Waals surface area contributed by atoms with Gasteiger partial charge in [0.25, 0.3) is 0 Å². The summed E-state index contributed by atoms with van der Waals surface area (Å²) in [6.45, 7) is 5.84. The average molecular weight is 258 g/mol. The minimum absolute atomic E-state index is 0.707. The van der Waals surface area contributed by atoms with Crippen LogP contribution in [0.1, 0.15) is 32.3 Å². The highest BCUT2D eigenvalue weighted by Crippen LogP contribution is 2.26. The number of aliphatic hydroxyl groups is 1. The molecule has 19 heavy (non-hydrogen) atoms. The van der Waals surface area contributed by atoms with Gasteiger partial charge < -0.3 is 10.4 Å². The molecule has 0 saturated carbocycles. The standard InChI is InChI=1S/C16H22N2O/c1-3-9-17-11-8-16(2,19)14-6-7-15-13(12-14)5-4-10-18-15/h4-7,10,12,17,19H,3,8-9,11H2,1-2H3. The molecule has 102 valence electrons. The largest absolute Gasteiger partial charge is 0.385 e. The first kappa shape index (κ1) is 14.0. The van der Waals surface area contributed by atoms with Crippen LogP contribution in [-0.2, 0) is 5.60 Å². The van der Waals surface area contributed by atoms with E-state index >= 15 is 0 Å². The van der Waals surface area contributed by atoms with Crippen LogP contribution in [0.2, 0.25) is 0 Å². The molecule has 1 heterocycles. The van der Waals surface area contributed by atoms with Crippen LogP contribution < -0.4 is 5.32 Å². The maximum absolute atomic E-state index is 10.6. The molecule has 0 spiro atoms. The molecule has 3 heteroatoms. The lowest BCUT2D eigenvalue weighted by Crippen LogP contribution is -2.28. The maximum atomic E-state index is 10.6. The van der Waals surface area contributed by atoms with Crippen LogP contribution in [0.4, 0.5) is 0 Å². The normalized spacial score (nSPS) is 14.5. The van der Waals surface area contributed by atoms with E-state index in [1.165, 1.54) is 0 Å². The van der Waals surface area contributed by atoms with Gasteiger partial charge in [0.15, 0.2) is 0 Å². The van der Waals surface area contributed by atoms with E-state index in [9.17, 15) is 5.11 Å². The molecule has 3 nitrogen and oxygen atoms in total. The highest BCUT2D eigenvalue weighted by atomic mass is 16.3. The lowest BCUT2D eigenvalue weighted by molar-refractivity contribution is 0.0482. The van der Waals surface area contributed by atoms with Crippen molar-refractivity contribution >= 4 is 10.9 Å². The molecule has 2 rings (SSSR count). The van der Waals surface area contributed by atoms with Crippen molar-refractivity contribution in [1.82, 2.24) is 10.3 Å². The SMILES string of the molecule is CCCNCCC(C)(O)c1ccc2ncccc2c1. The number of hydrogen-bond donors (Lipinski definition) is 2. The Morgan fingerprint density at radius 1 is 1.26 bits per heavy atom. The summed E-state index contributed by atoms with van der Waals surface area (Å²) < 4.78 is 0. The van der Waals surface area contributed by atoms with Gasteiger partial charge in [0.2, 0.25) is 0 Å². The Balaban J connectivity index is 2.12. The molecule has 0 amide bonds. The predicted octanol–water partition coefficient (Wildman–Crippen LogP) is 2.83. The first-order valence-corrected chi connectivity index (χ1v) is 6.92. The third kappa shape index (κ3) is 3.52. The quantitative estimate of drug-likeness (QED) is 0.783. The molecule has 0 bridgehead atoms. The summed E-state index contributed by atoms with van der Waals surface area (Å²) in [5, 5.41) is 15.0. The van der Waals surface area contributed by atoms with Crippen molar-refractivity contribution in [3.8, 4) is 0 Å². The number of hydrogen-bond acceptors (Lipinski definition) is 3. The van der Waals surface area contributed by atoms with Crippen LogP contribution in [0.25, 0.3) is 10.9 Å². The number of nitrogens with one attached hydrogen (secondary N) is 1. The van der Waals surface area contributed by atoms with E-state index in [4.69, 9.17) is 0 Å². The first-order chi connectivity index (χ1) is 9.13. The van der Waals surface area contributed by atoms with Gasteiger partial charge in [0.05, 0.1) is 11.1 Å². The van der Waals surface area contributed by atoms with Crippen molar-refractivity contribution in [2.45, 2.75) is 32.3 Å². The van der Waals surface area contributed by atoms with Gasteiger partial charge in [-0.1, -0.05) is 19.1 Å². The predicted molar refractivity (Wildman–Crippen MR) is 79.1 cm³/mol. The molecule has 1 unspecified atom stereocenters. The lowest BCUT2D eigenvalue weighted by Gasteiger charge is -2.24. The van der Waals surface area contributed by atoms with E-state index in [1.807, 2.05) is 37.3 Å². The zero-order valence-corrected chi connectivity index (χ0v) is 11.7. The molecule has 0 radical (unpaired) electrons. The van der Waals surface area contributed by atoms with Gasteiger partial charge in [0.1, 0.15) is 0 Å². The fourth-order valence-electron chi connectivity index (χ4n) is 2.19. The van der Waals surface area contributed by atoms with Gasteiger partial charge in [-0.25, -0.2) is 0 Å². The summed E-state index contributed by atoms with van der Waals surface area (Å²) in [5.41, 5.74) is 1.11. The molecule has 0 fully saturated rings. The van der Waals surface area contributed by atoms with E-state index in [2.05, 4.69) is 17.2 Å². The summed E-state index contributed by atoms with van der Waals surface area (Å²) >= 11 is 0. The first-order valence-electron chi connectivity index (χ1n) is 6.92. The topological polar surface area (TPSA) is 45.1 Å². The minimum atomic E-state index is -0.801. The van der Waals surface area contributed by atoms with E-state index < -0.39 is 5.60 Å². The van der Waals surface area contributed by atoms with Gasteiger partial charge in [0, 0.05) is 11.6 Å². The molecule has 0 aliphatic carbocycles. The minimum Gasteiger partial charge on any atom is -0.385 e. The molecule has 0 aliphatic heterocycles. The Bertz CT molecular complexity index is 537. The summed E-state index contributed by atoms with van der Waals surface area (Å²) in [5.74, 6) is 0. The Hall–Kier alpha value is -1.45. The summed E-state index contributed by atoms with van der Waals surface area (Å²) in [6, 6.07) is 9.91. The molecule has 2 aromatic rings. The molecule has 0 saturated heterocycles. The van der Waals surface area contributed by atoms with Crippen LogP contribution in [0.15, 0.2) is 36.5 Å². The summed E-state index contributed by atoms with van der Waals surface area (Å²) in [7, 11) is 0. The summed E-state index contributed by atoms with van der Waals surface area (Å²) in [6.07, 6.45) is 3.61. The fraction of sp³-hybridized carbons (Fsp3) is 0.438. The van der Waals surface area contributed by atoms with Gasteiger partial charge in [-0.2, -0.15) is 0 Å². The highest BCUT2D eigenvalue weighted by Gasteiger charge is 2.22. The molecule has 1 aromatic heterocycles. The van der Waals surface area contributed by atoms with Crippen molar-refractivity contribution in [2.24, 2.45) is 0 Å². The van der Waals surface area contributed by atoms with Crippen molar-refractivity contribution < 1.29 is 5.11 Å². The number of nitrogens with zero attached hydrogens (tertiary/aromatic N) is 1. The van der Waals surface area contributed by atoms with E-state index in [0.29, 0.717) is 6.42 Å². The molecular weight excluding hydrogens is 236 g/mol. The molecular formula is C16H22N2O. The number of benzene rings is 1. The van der Waals surface area contributed by atoms with Crippen LogP contribution in [0.5, 0.6) is 0 Å². The zero-order valence-electron chi connectivity index (χ0n) is 11.7. The van der Waals surface area contributed by atoms with Crippen molar-refractivity contribution in [1.29, 1.82) is 0 Å². The smallest absolute Gasteiger partial charge is 0.0880 e. The lowest BCUT2D eigenvalue weighted by atomic mass is 9.91. The van der Waals surface area contributed by atoms with Crippen LogP contribution >= 0.6 is 0 Å². The van der Waals surface area contributed by atoms with Crippen LogP contribution in [-0.4, -0.2) is 23.2 Å². The third-order valence-corrected chi connectivity index (χ3v) is 3.44. The summed E-state index contributed by atoms with van der Waals surface area (Å²) in [4.78, 5) is 4.30. The fourth-order valence-corrected chi connectivity index (χ4v) is 2.19. The number of aromatic nitrogens is 1. The Morgan fingerprint density at radius 3 is 2.89 bits per heavy atom. The van der Waals surface area contributed by atoms with Crippen molar-refractivity contribution in [3.63, 3.8) is 0 Å². The zero-order chi connectivity index (χ0) is 13.7. The van der Waals surface area contributed by atoms with E-state index in [1.54, 1.807) is 6.20 Å². The maximum Gasteiger partial charge on any atom is 0.0880 e. The number of rotatable bonds is 6. The monoisotopic (exact) mass is 258 g/mol. The van der Waals surface area contributed by atoms with Gasteiger partial charge in [-0.15, -0.1) is 0 Å². The number of pyridine rings is 1. The molecule has 2 N–H and O–H groups in total. The second-order valence-corrected chi connectivity index (χ2v) is 5.18. The third-order valence-electron chi connectivity index (χ3n) is 3.44. The number of fused-ring (bicyclic) bond motifs is 1.